The van der Waals surface area contributed by atoms with Gasteiger partial charge in [-0.15, -0.1) is 0 Å². The zero-order valence-corrected chi connectivity index (χ0v) is 9.23. The van der Waals surface area contributed by atoms with E-state index in [9.17, 15) is 0 Å². The molecule has 0 amide bonds. The minimum atomic E-state index is 0.284. The van der Waals surface area contributed by atoms with Crippen molar-refractivity contribution in [2.24, 2.45) is 5.41 Å². The van der Waals surface area contributed by atoms with Crippen LogP contribution in [0.4, 0.5) is 0 Å². The van der Waals surface area contributed by atoms with E-state index in [1.165, 1.54) is 38.5 Å². The fourth-order valence-electron chi connectivity index (χ4n) is 3.02. The van der Waals surface area contributed by atoms with E-state index >= 15 is 0 Å². The molecule has 0 unspecified atom stereocenters. The minimum absolute atomic E-state index is 0.284. The number of hydrogen-bond acceptors (Lipinski definition) is 1. The van der Waals surface area contributed by atoms with E-state index in [-0.39, 0.29) is 5.60 Å². The second-order valence-corrected chi connectivity index (χ2v) is 5.66. The average Bonchev–Trinajstić information content (AvgIpc) is 2.07. The van der Waals surface area contributed by atoms with Crippen molar-refractivity contribution < 1.29 is 4.74 Å². The Morgan fingerprint density at radius 3 is 1.77 bits per heavy atom. The second kappa shape index (κ2) is 2.98. The molecular formula is C12H22O. The molecule has 0 aromatic carbocycles. The summed E-state index contributed by atoms with van der Waals surface area (Å²) in [6.45, 7) is 6.78. The Kier molecular flexibility index (Phi) is 2.18. The lowest BCUT2D eigenvalue weighted by Gasteiger charge is -2.52. The standard InChI is InChI=1S/C12H22O/c1-10(2)13-12-7-4-11(3,5-8-12)6-9-12/h10H,4-9H2,1-3H3. The zero-order chi connectivity index (χ0) is 9.53. The molecule has 0 N–H and O–H groups in total. The van der Waals surface area contributed by atoms with Crippen molar-refractivity contribution >= 4 is 0 Å². The van der Waals surface area contributed by atoms with Gasteiger partial charge in [-0.25, -0.2) is 0 Å². The van der Waals surface area contributed by atoms with Gasteiger partial charge in [-0.05, 0) is 57.8 Å². The molecule has 3 aliphatic carbocycles. The van der Waals surface area contributed by atoms with Gasteiger partial charge in [0.05, 0.1) is 11.7 Å². The van der Waals surface area contributed by atoms with Crippen molar-refractivity contribution in [3.63, 3.8) is 0 Å². The van der Waals surface area contributed by atoms with Gasteiger partial charge in [0, 0.05) is 0 Å². The molecule has 0 aliphatic heterocycles. The van der Waals surface area contributed by atoms with Gasteiger partial charge in [0.2, 0.25) is 0 Å². The monoisotopic (exact) mass is 182 g/mol. The van der Waals surface area contributed by atoms with Crippen LogP contribution in [0, 0.1) is 5.41 Å². The second-order valence-electron chi connectivity index (χ2n) is 5.66. The lowest BCUT2D eigenvalue weighted by molar-refractivity contribution is -0.153. The van der Waals surface area contributed by atoms with E-state index in [4.69, 9.17) is 4.74 Å². The molecule has 2 bridgehead atoms. The molecule has 3 aliphatic rings. The lowest BCUT2D eigenvalue weighted by Crippen LogP contribution is -2.47. The smallest absolute Gasteiger partial charge is 0.0686 e. The van der Waals surface area contributed by atoms with Crippen LogP contribution in [0.25, 0.3) is 0 Å². The number of ether oxygens (including phenoxy) is 1. The highest BCUT2D eigenvalue weighted by molar-refractivity contribution is 4.99. The molecule has 0 aromatic rings. The molecule has 3 rings (SSSR count). The minimum Gasteiger partial charge on any atom is -0.372 e. The maximum absolute atomic E-state index is 6.11. The highest BCUT2D eigenvalue weighted by atomic mass is 16.5. The van der Waals surface area contributed by atoms with Gasteiger partial charge in [0.15, 0.2) is 0 Å². The number of rotatable bonds is 2. The van der Waals surface area contributed by atoms with Gasteiger partial charge in [-0.2, -0.15) is 0 Å². The first kappa shape index (κ1) is 9.51. The first-order valence-corrected chi connectivity index (χ1v) is 5.72. The van der Waals surface area contributed by atoms with E-state index in [1.54, 1.807) is 0 Å². The van der Waals surface area contributed by atoms with Crippen LogP contribution in [0.5, 0.6) is 0 Å². The molecule has 0 atom stereocenters. The van der Waals surface area contributed by atoms with Crippen LogP contribution in [0.2, 0.25) is 0 Å². The molecule has 1 nitrogen and oxygen atoms in total. The van der Waals surface area contributed by atoms with Crippen molar-refractivity contribution in [3.8, 4) is 0 Å². The quantitative estimate of drug-likeness (QED) is 0.635. The van der Waals surface area contributed by atoms with Crippen LogP contribution in [0.15, 0.2) is 0 Å². The van der Waals surface area contributed by atoms with Gasteiger partial charge >= 0.3 is 0 Å². The number of hydrogen-bond donors (Lipinski definition) is 0. The first-order valence-electron chi connectivity index (χ1n) is 5.72. The van der Waals surface area contributed by atoms with E-state index in [1.807, 2.05) is 0 Å². The van der Waals surface area contributed by atoms with E-state index in [2.05, 4.69) is 20.8 Å². The first-order chi connectivity index (χ1) is 6.04. The fraction of sp³-hybridized carbons (Fsp3) is 1.00. The summed E-state index contributed by atoms with van der Waals surface area (Å²) in [5.74, 6) is 0. The summed E-state index contributed by atoms with van der Waals surface area (Å²) in [6.07, 6.45) is 8.49. The van der Waals surface area contributed by atoms with Gasteiger partial charge in [-0.3, -0.25) is 0 Å². The molecule has 3 saturated carbocycles. The predicted molar refractivity (Wildman–Crippen MR) is 54.8 cm³/mol. The summed E-state index contributed by atoms with van der Waals surface area (Å²) >= 11 is 0. The summed E-state index contributed by atoms with van der Waals surface area (Å²) in [7, 11) is 0. The molecule has 3 fully saturated rings. The predicted octanol–water partition coefficient (Wildman–Crippen LogP) is 3.52. The largest absolute Gasteiger partial charge is 0.372 e. The fourth-order valence-corrected chi connectivity index (χ4v) is 3.02. The van der Waals surface area contributed by atoms with Crippen LogP contribution >= 0.6 is 0 Å². The molecule has 0 aromatic heterocycles. The molecule has 0 spiro atoms. The Morgan fingerprint density at radius 1 is 0.923 bits per heavy atom. The van der Waals surface area contributed by atoms with Crippen molar-refractivity contribution in [2.45, 2.75) is 71.0 Å². The normalized spacial score (nSPS) is 44.3. The summed E-state index contributed by atoms with van der Waals surface area (Å²) in [5, 5.41) is 0. The molecule has 1 heteroatoms. The van der Waals surface area contributed by atoms with Crippen molar-refractivity contribution in [1.29, 1.82) is 0 Å². The topological polar surface area (TPSA) is 9.23 Å². The number of fused-ring (bicyclic) bond motifs is 3. The van der Waals surface area contributed by atoms with Crippen LogP contribution < -0.4 is 0 Å². The molecule has 0 heterocycles. The SMILES string of the molecule is CC(C)OC12CCC(C)(CC1)CC2. The average molecular weight is 182 g/mol. The van der Waals surface area contributed by atoms with Gasteiger partial charge in [0.1, 0.15) is 0 Å². The van der Waals surface area contributed by atoms with E-state index in [0.29, 0.717) is 11.5 Å². The molecule has 0 saturated heterocycles. The Morgan fingerprint density at radius 2 is 1.38 bits per heavy atom. The highest BCUT2D eigenvalue weighted by Crippen LogP contribution is 2.53. The molecular weight excluding hydrogens is 160 g/mol. The van der Waals surface area contributed by atoms with Crippen molar-refractivity contribution in [3.05, 3.63) is 0 Å². The molecule has 0 radical (unpaired) electrons. The Bertz CT molecular complexity index is 171. The highest BCUT2D eigenvalue weighted by Gasteiger charge is 2.47. The van der Waals surface area contributed by atoms with Crippen LogP contribution in [-0.4, -0.2) is 11.7 Å². The van der Waals surface area contributed by atoms with Crippen LogP contribution in [0.3, 0.4) is 0 Å². The van der Waals surface area contributed by atoms with Crippen LogP contribution in [-0.2, 0) is 4.74 Å². The maximum Gasteiger partial charge on any atom is 0.0686 e. The lowest BCUT2D eigenvalue weighted by atomic mass is 9.59. The summed E-state index contributed by atoms with van der Waals surface area (Å²) < 4.78 is 6.11. The van der Waals surface area contributed by atoms with Crippen molar-refractivity contribution in [1.82, 2.24) is 0 Å². The summed E-state index contributed by atoms with van der Waals surface area (Å²) in [4.78, 5) is 0. The summed E-state index contributed by atoms with van der Waals surface area (Å²) in [5.41, 5.74) is 0.952. The Labute approximate surface area is 81.9 Å². The van der Waals surface area contributed by atoms with Gasteiger partial charge in [0.25, 0.3) is 0 Å². The van der Waals surface area contributed by atoms with Gasteiger partial charge in [-0.1, -0.05) is 6.92 Å². The van der Waals surface area contributed by atoms with E-state index < -0.39 is 0 Å². The molecule has 76 valence electrons. The zero-order valence-electron chi connectivity index (χ0n) is 9.23. The molecule has 13 heavy (non-hydrogen) atoms. The third kappa shape index (κ3) is 1.76. The summed E-state index contributed by atoms with van der Waals surface area (Å²) in [6, 6.07) is 0. The van der Waals surface area contributed by atoms with Gasteiger partial charge < -0.3 is 4.74 Å². The Hall–Kier alpha value is -0.0400. The van der Waals surface area contributed by atoms with Crippen LogP contribution in [0.1, 0.15) is 59.3 Å². The third-order valence-corrected chi connectivity index (χ3v) is 4.04. The maximum atomic E-state index is 6.11. The van der Waals surface area contributed by atoms with E-state index in [0.717, 1.165) is 0 Å². The van der Waals surface area contributed by atoms with Crippen molar-refractivity contribution in [2.75, 3.05) is 0 Å². The Balaban J connectivity index is 2.03. The third-order valence-electron chi connectivity index (χ3n) is 4.04.